The van der Waals surface area contributed by atoms with Crippen molar-refractivity contribution in [2.24, 2.45) is 0 Å². The Morgan fingerprint density at radius 2 is 1.90 bits per heavy atom. The summed E-state index contributed by atoms with van der Waals surface area (Å²) in [6.07, 6.45) is 1.07. The van der Waals surface area contributed by atoms with Crippen LogP contribution in [0.5, 0.6) is 5.75 Å². The summed E-state index contributed by atoms with van der Waals surface area (Å²) in [4.78, 5) is 12.5. The van der Waals surface area contributed by atoms with Crippen molar-refractivity contribution in [3.63, 3.8) is 0 Å². The minimum absolute atomic E-state index is 0.0583. The molecule has 0 bridgehead atoms. The zero-order valence-corrected chi connectivity index (χ0v) is 13.0. The summed E-state index contributed by atoms with van der Waals surface area (Å²) in [5.41, 5.74) is 3.63. The number of halogens is 1. The summed E-state index contributed by atoms with van der Waals surface area (Å²) in [7, 11) is 0. The van der Waals surface area contributed by atoms with Crippen molar-refractivity contribution in [2.45, 2.75) is 26.4 Å². The molecule has 2 aromatic rings. The lowest BCUT2D eigenvalue weighted by Gasteiger charge is -2.06. The maximum absolute atomic E-state index is 12.5. The number of carbonyl (C=O) groups excluding carboxylic acids is 1. The number of ketones is 1. The zero-order valence-electron chi connectivity index (χ0n) is 11.4. The second-order valence-corrected chi connectivity index (χ2v) is 6.10. The van der Waals surface area contributed by atoms with Crippen LogP contribution in [0.2, 0.25) is 0 Å². The molecule has 2 nitrogen and oxygen atoms in total. The smallest absolute Gasteiger partial charge is 0.193 e. The third kappa shape index (κ3) is 2.38. The first kappa shape index (κ1) is 13.4. The van der Waals surface area contributed by atoms with Crippen LogP contribution in [0.1, 0.15) is 34.0 Å². The van der Waals surface area contributed by atoms with Crippen molar-refractivity contribution in [1.82, 2.24) is 0 Å². The van der Waals surface area contributed by atoms with Gasteiger partial charge in [0.05, 0.1) is 0 Å². The highest BCUT2D eigenvalue weighted by Gasteiger charge is 2.20. The van der Waals surface area contributed by atoms with E-state index < -0.39 is 0 Å². The molecule has 20 heavy (non-hydrogen) atoms. The first-order valence-corrected chi connectivity index (χ1v) is 7.44. The average Bonchev–Trinajstić information content (AvgIpc) is 2.80. The van der Waals surface area contributed by atoms with Gasteiger partial charge < -0.3 is 4.74 Å². The van der Waals surface area contributed by atoms with Gasteiger partial charge in [-0.1, -0.05) is 15.9 Å². The number of aryl methyl sites for hydroxylation is 1. The fourth-order valence-corrected chi connectivity index (χ4v) is 2.76. The highest BCUT2D eigenvalue weighted by atomic mass is 79.9. The summed E-state index contributed by atoms with van der Waals surface area (Å²) >= 11 is 3.45. The quantitative estimate of drug-likeness (QED) is 0.767. The van der Waals surface area contributed by atoms with E-state index in [1.165, 1.54) is 0 Å². The van der Waals surface area contributed by atoms with Crippen molar-refractivity contribution < 1.29 is 9.53 Å². The molecule has 102 valence electrons. The molecule has 0 saturated heterocycles. The summed E-state index contributed by atoms with van der Waals surface area (Å²) in [6.45, 7) is 4.03. The van der Waals surface area contributed by atoms with Crippen molar-refractivity contribution in [3.05, 3.63) is 63.1 Å². The molecule has 1 aliphatic rings. The van der Waals surface area contributed by atoms with Gasteiger partial charge in [-0.15, -0.1) is 0 Å². The monoisotopic (exact) mass is 330 g/mol. The summed E-state index contributed by atoms with van der Waals surface area (Å²) < 4.78 is 6.68. The summed E-state index contributed by atoms with van der Waals surface area (Å²) in [6, 6.07) is 11.4. The van der Waals surface area contributed by atoms with Crippen molar-refractivity contribution in [1.29, 1.82) is 0 Å². The number of fused-ring (bicyclic) bond motifs is 1. The zero-order chi connectivity index (χ0) is 14.3. The van der Waals surface area contributed by atoms with Crippen LogP contribution in [-0.2, 0) is 6.42 Å². The minimum atomic E-state index is 0.0583. The molecule has 2 aromatic carbocycles. The van der Waals surface area contributed by atoms with Crippen molar-refractivity contribution in [3.8, 4) is 5.75 Å². The van der Waals surface area contributed by atoms with Gasteiger partial charge in [-0.25, -0.2) is 0 Å². The van der Waals surface area contributed by atoms with Crippen LogP contribution in [0.3, 0.4) is 0 Å². The average molecular weight is 331 g/mol. The third-order valence-electron chi connectivity index (χ3n) is 3.58. The molecule has 1 atom stereocenters. The van der Waals surface area contributed by atoms with Crippen LogP contribution in [0.25, 0.3) is 0 Å². The number of carbonyl (C=O) groups is 1. The van der Waals surface area contributed by atoms with Gasteiger partial charge in [0.25, 0.3) is 0 Å². The molecule has 0 saturated carbocycles. The van der Waals surface area contributed by atoms with E-state index in [9.17, 15) is 4.79 Å². The predicted molar refractivity (Wildman–Crippen MR) is 82.5 cm³/mol. The van der Waals surface area contributed by atoms with E-state index >= 15 is 0 Å². The van der Waals surface area contributed by atoms with Gasteiger partial charge >= 0.3 is 0 Å². The first-order chi connectivity index (χ1) is 9.54. The van der Waals surface area contributed by atoms with Gasteiger partial charge in [-0.2, -0.15) is 0 Å². The molecule has 3 heteroatoms. The Morgan fingerprint density at radius 3 is 2.65 bits per heavy atom. The number of hydrogen-bond acceptors (Lipinski definition) is 2. The molecule has 0 radical (unpaired) electrons. The molecule has 0 spiro atoms. The lowest BCUT2D eigenvalue weighted by Crippen LogP contribution is -2.05. The fraction of sp³-hybridized carbons (Fsp3) is 0.235. The summed E-state index contributed by atoms with van der Waals surface area (Å²) in [5, 5.41) is 0. The Labute approximate surface area is 126 Å². The first-order valence-electron chi connectivity index (χ1n) is 6.65. The van der Waals surface area contributed by atoms with E-state index in [2.05, 4.69) is 15.9 Å². The molecular formula is C17H15BrO2. The van der Waals surface area contributed by atoms with Crippen LogP contribution in [0, 0.1) is 6.92 Å². The molecule has 0 fully saturated rings. The van der Waals surface area contributed by atoms with Gasteiger partial charge in [-0.05, 0) is 61.4 Å². The standard InChI is InChI=1S/C17H15BrO2/c1-10-7-12(3-5-15(10)18)17(19)13-4-6-16-14(9-13)8-11(2)20-16/h3-7,9,11H,8H2,1-2H3. The highest BCUT2D eigenvalue weighted by Crippen LogP contribution is 2.30. The lowest BCUT2D eigenvalue weighted by molar-refractivity contribution is 0.103. The van der Waals surface area contributed by atoms with Gasteiger partial charge in [-0.3, -0.25) is 4.79 Å². The van der Waals surface area contributed by atoms with Crippen LogP contribution in [-0.4, -0.2) is 11.9 Å². The Morgan fingerprint density at radius 1 is 1.20 bits per heavy atom. The molecular weight excluding hydrogens is 316 g/mol. The largest absolute Gasteiger partial charge is 0.490 e. The van der Waals surface area contributed by atoms with Crippen molar-refractivity contribution >= 4 is 21.7 Å². The molecule has 0 aromatic heterocycles. The molecule has 0 aliphatic carbocycles. The van der Waals surface area contributed by atoms with Gasteiger partial charge in [0, 0.05) is 22.0 Å². The van der Waals surface area contributed by atoms with Crippen LogP contribution < -0.4 is 4.74 Å². The predicted octanol–water partition coefficient (Wildman–Crippen LogP) is 4.31. The fourth-order valence-electron chi connectivity index (χ4n) is 2.52. The Bertz CT molecular complexity index is 691. The Hall–Kier alpha value is -1.61. The Balaban J connectivity index is 1.95. The SMILES string of the molecule is Cc1cc(C(=O)c2ccc3c(c2)CC(C)O3)ccc1Br. The van der Waals surface area contributed by atoms with E-state index in [1.807, 2.05) is 50.2 Å². The number of rotatable bonds is 2. The second kappa shape index (κ2) is 5.06. The second-order valence-electron chi connectivity index (χ2n) is 5.25. The van der Waals surface area contributed by atoms with Crippen LogP contribution in [0.15, 0.2) is 40.9 Å². The molecule has 1 aliphatic heterocycles. The summed E-state index contributed by atoms with van der Waals surface area (Å²) in [5.74, 6) is 0.962. The van der Waals surface area contributed by atoms with Gasteiger partial charge in [0.2, 0.25) is 0 Å². The minimum Gasteiger partial charge on any atom is -0.490 e. The van der Waals surface area contributed by atoms with Gasteiger partial charge in [0.1, 0.15) is 11.9 Å². The maximum atomic E-state index is 12.5. The molecule has 1 unspecified atom stereocenters. The number of ether oxygens (including phenoxy) is 1. The molecule has 0 amide bonds. The Kier molecular flexibility index (Phi) is 3.38. The number of hydrogen-bond donors (Lipinski definition) is 0. The van der Waals surface area contributed by atoms with E-state index in [0.29, 0.717) is 0 Å². The van der Waals surface area contributed by atoms with Crippen LogP contribution in [0.4, 0.5) is 0 Å². The third-order valence-corrected chi connectivity index (χ3v) is 4.47. The molecule has 3 rings (SSSR count). The van der Waals surface area contributed by atoms with E-state index in [0.717, 1.165) is 38.9 Å². The molecule has 0 N–H and O–H groups in total. The highest BCUT2D eigenvalue weighted by molar-refractivity contribution is 9.10. The lowest BCUT2D eigenvalue weighted by atomic mass is 9.99. The van der Waals surface area contributed by atoms with Crippen molar-refractivity contribution in [2.75, 3.05) is 0 Å². The normalized spacial score (nSPS) is 16.6. The molecule has 1 heterocycles. The topological polar surface area (TPSA) is 26.3 Å². The number of benzene rings is 2. The van der Waals surface area contributed by atoms with Crippen LogP contribution >= 0.6 is 15.9 Å². The van der Waals surface area contributed by atoms with Gasteiger partial charge in [0.15, 0.2) is 5.78 Å². The van der Waals surface area contributed by atoms with E-state index in [4.69, 9.17) is 4.74 Å². The maximum Gasteiger partial charge on any atom is 0.193 e. The van der Waals surface area contributed by atoms with E-state index in [-0.39, 0.29) is 11.9 Å². The van der Waals surface area contributed by atoms with E-state index in [1.54, 1.807) is 0 Å².